The summed E-state index contributed by atoms with van der Waals surface area (Å²) < 4.78 is 13.8. The summed E-state index contributed by atoms with van der Waals surface area (Å²) >= 11 is 5.91. The Morgan fingerprint density at radius 2 is 2.12 bits per heavy atom. The largest absolute Gasteiger partial charge is 0.481 e. The van der Waals surface area contributed by atoms with Crippen molar-refractivity contribution in [3.8, 4) is 0 Å². The predicted molar refractivity (Wildman–Crippen MR) is 89.7 cm³/mol. The number of hydrogen-bond donors (Lipinski definition) is 1. The summed E-state index contributed by atoms with van der Waals surface area (Å²) in [6, 6.07) is 4.17. The minimum absolute atomic E-state index is 0.0948. The van der Waals surface area contributed by atoms with Gasteiger partial charge in [0.15, 0.2) is 0 Å². The molecule has 0 aromatic heterocycles. The monoisotopic (exact) mass is 370 g/mol. The standard InChI is InChI=1S/C17H20ClFN2O4/c1-20(15(22)8-12-13(18)5-2-6-14(12)19)10-16(23)21-7-3-4-11(9-21)17(24)25/h2,5-6,11H,3-4,7-10H2,1H3,(H,24,25). The highest BCUT2D eigenvalue weighted by Crippen LogP contribution is 2.20. The van der Waals surface area contributed by atoms with Gasteiger partial charge in [-0.05, 0) is 25.0 Å². The van der Waals surface area contributed by atoms with Crippen molar-refractivity contribution in [2.75, 3.05) is 26.7 Å². The van der Waals surface area contributed by atoms with Crippen molar-refractivity contribution in [1.29, 1.82) is 0 Å². The van der Waals surface area contributed by atoms with Crippen LogP contribution in [0.15, 0.2) is 18.2 Å². The molecule has 2 rings (SSSR count). The molecule has 136 valence electrons. The molecule has 1 N–H and O–H groups in total. The third-order valence-corrected chi connectivity index (χ3v) is 4.67. The van der Waals surface area contributed by atoms with Gasteiger partial charge in [0.25, 0.3) is 0 Å². The lowest BCUT2D eigenvalue weighted by Crippen LogP contribution is -2.47. The van der Waals surface area contributed by atoms with Crippen molar-refractivity contribution >= 4 is 29.4 Å². The number of hydrogen-bond acceptors (Lipinski definition) is 3. The molecule has 0 bridgehead atoms. The highest BCUT2D eigenvalue weighted by atomic mass is 35.5. The van der Waals surface area contributed by atoms with Gasteiger partial charge in [0.05, 0.1) is 18.9 Å². The smallest absolute Gasteiger partial charge is 0.308 e. The molecule has 0 aliphatic carbocycles. The SMILES string of the molecule is CN(CC(=O)N1CCCC(C(=O)O)C1)C(=O)Cc1c(F)cccc1Cl. The van der Waals surface area contributed by atoms with Crippen LogP contribution in [0, 0.1) is 11.7 Å². The summed E-state index contributed by atoms with van der Waals surface area (Å²) in [5.41, 5.74) is 0.0948. The molecule has 1 saturated heterocycles. The van der Waals surface area contributed by atoms with Crippen LogP contribution in [0.1, 0.15) is 18.4 Å². The molecule has 1 atom stereocenters. The van der Waals surface area contributed by atoms with Crippen LogP contribution in [-0.2, 0) is 20.8 Å². The zero-order valence-electron chi connectivity index (χ0n) is 13.9. The van der Waals surface area contributed by atoms with Crippen molar-refractivity contribution in [1.82, 2.24) is 9.80 Å². The van der Waals surface area contributed by atoms with Crippen LogP contribution in [0.2, 0.25) is 5.02 Å². The van der Waals surface area contributed by atoms with Gasteiger partial charge in [0.2, 0.25) is 11.8 Å². The van der Waals surface area contributed by atoms with E-state index < -0.39 is 23.6 Å². The molecule has 1 heterocycles. The Morgan fingerprint density at radius 1 is 1.40 bits per heavy atom. The average molecular weight is 371 g/mol. The second-order valence-electron chi connectivity index (χ2n) is 6.14. The van der Waals surface area contributed by atoms with Crippen molar-refractivity contribution in [2.24, 2.45) is 5.92 Å². The van der Waals surface area contributed by atoms with Gasteiger partial charge >= 0.3 is 5.97 Å². The van der Waals surface area contributed by atoms with Gasteiger partial charge in [-0.1, -0.05) is 17.7 Å². The summed E-state index contributed by atoms with van der Waals surface area (Å²) in [5, 5.41) is 9.23. The third kappa shape index (κ3) is 4.92. The van der Waals surface area contributed by atoms with E-state index >= 15 is 0 Å². The second kappa shape index (κ2) is 8.29. The van der Waals surface area contributed by atoms with Crippen LogP contribution in [0.3, 0.4) is 0 Å². The first-order valence-corrected chi connectivity index (χ1v) is 8.34. The van der Waals surface area contributed by atoms with E-state index in [4.69, 9.17) is 16.7 Å². The second-order valence-corrected chi connectivity index (χ2v) is 6.55. The fraction of sp³-hybridized carbons (Fsp3) is 0.471. The van der Waals surface area contributed by atoms with Crippen molar-refractivity contribution in [2.45, 2.75) is 19.3 Å². The number of aliphatic carboxylic acids is 1. The molecule has 1 fully saturated rings. The number of halogens is 2. The first-order chi connectivity index (χ1) is 11.8. The Bertz CT molecular complexity index is 662. The van der Waals surface area contributed by atoms with Crippen LogP contribution in [-0.4, -0.2) is 59.4 Å². The van der Waals surface area contributed by atoms with Gasteiger partial charge in [0, 0.05) is 30.7 Å². The Balaban J connectivity index is 1.94. The molecular weight excluding hydrogens is 351 g/mol. The summed E-state index contributed by atoms with van der Waals surface area (Å²) in [7, 11) is 1.45. The average Bonchev–Trinajstić information content (AvgIpc) is 2.58. The summed E-state index contributed by atoms with van der Waals surface area (Å²) in [6.07, 6.45) is 0.915. The number of nitrogens with zero attached hydrogens (tertiary/aromatic N) is 2. The molecule has 0 radical (unpaired) electrons. The Morgan fingerprint density at radius 3 is 2.76 bits per heavy atom. The topological polar surface area (TPSA) is 77.9 Å². The number of amides is 2. The number of carbonyl (C=O) groups excluding carboxylic acids is 2. The highest BCUT2D eigenvalue weighted by molar-refractivity contribution is 6.31. The maximum atomic E-state index is 13.8. The van der Waals surface area contributed by atoms with E-state index in [-0.39, 0.29) is 36.0 Å². The Labute approximate surface area is 150 Å². The Kier molecular flexibility index (Phi) is 6.36. The first-order valence-electron chi connectivity index (χ1n) is 7.97. The van der Waals surface area contributed by atoms with Gasteiger partial charge in [0.1, 0.15) is 5.82 Å². The number of carboxylic acid groups (broad SMARTS) is 1. The summed E-state index contributed by atoms with van der Waals surface area (Å²) in [4.78, 5) is 38.3. The number of likely N-dealkylation sites (N-methyl/N-ethyl adjacent to an activating group) is 1. The van der Waals surface area contributed by atoms with Gasteiger partial charge in [-0.25, -0.2) is 4.39 Å². The molecule has 25 heavy (non-hydrogen) atoms. The van der Waals surface area contributed by atoms with Crippen molar-refractivity contribution in [3.05, 3.63) is 34.6 Å². The maximum absolute atomic E-state index is 13.8. The van der Waals surface area contributed by atoms with Gasteiger partial charge in [-0.15, -0.1) is 0 Å². The lowest BCUT2D eigenvalue weighted by atomic mass is 9.98. The number of carboxylic acids is 1. The van der Waals surface area contributed by atoms with Crippen LogP contribution < -0.4 is 0 Å². The van der Waals surface area contributed by atoms with Gasteiger partial charge < -0.3 is 14.9 Å². The van der Waals surface area contributed by atoms with Gasteiger partial charge in [-0.2, -0.15) is 0 Å². The molecule has 1 aromatic rings. The molecule has 1 unspecified atom stereocenters. The van der Waals surface area contributed by atoms with E-state index in [2.05, 4.69) is 0 Å². The Hall–Kier alpha value is -2.15. The van der Waals surface area contributed by atoms with Crippen molar-refractivity contribution < 1.29 is 23.9 Å². The van der Waals surface area contributed by atoms with Crippen LogP contribution in [0.25, 0.3) is 0 Å². The minimum atomic E-state index is -0.920. The zero-order chi connectivity index (χ0) is 18.6. The predicted octanol–water partition coefficient (Wildman–Crippen LogP) is 1.80. The molecule has 0 spiro atoms. The molecular formula is C17H20ClFN2O4. The summed E-state index contributed by atoms with van der Waals surface area (Å²) in [6.45, 7) is 0.441. The third-order valence-electron chi connectivity index (χ3n) is 4.31. The molecule has 2 amide bonds. The molecule has 8 heteroatoms. The minimum Gasteiger partial charge on any atom is -0.481 e. The number of benzene rings is 1. The van der Waals surface area contributed by atoms with Crippen LogP contribution >= 0.6 is 11.6 Å². The number of carbonyl (C=O) groups is 3. The molecule has 6 nitrogen and oxygen atoms in total. The fourth-order valence-electron chi connectivity index (χ4n) is 2.78. The van der Waals surface area contributed by atoms with E-state index in [1.54, 1.807) is 0 Å². The number of likely N-dealkylation sites (tertiary alicyclic amines) is 1. The van der Waals surface area contributed by atoms with Crippen LogP contribution in [0.5, 0.6) is 0 Å². The quantitative estimate of drug-likeness (QED) is 0.857. The molecule has 0 saturated carbocycles. The van der Waals surface area contributed by atoms with Crippen molar-refractivity contribution in [3.63, 3.8) is 0 Å². The molecule has 1 aliphatic rings. The van der Waals surface area contributed by atoms with E-state index in [0.29, 0.717) is 19.4 Å². The molecule has 1 aromatic carbocycles. The van der Waals surface area contributed by atoms with E-state index in [1.807, 2.05) is 0 Å². The van der Waals surface area contributed by atoms with E-state index in [1.165, 1.54) is 35.0 Å². The first kappa shape index (κ1) is 19.2. The van der Waals surface area contributed by atoms with E-state index in [0.717, 1.165) is 0 Å². The lowest BCUT2D eigenvalue weighted by Gasteiger charge is -2.32. The van der Waals surface area contributed by atoms with E-state index in [9.17, 15) is 18.8 Å². The maximum Gasteiger partial charge on any atom is 0.308 e. The lowest BCUT2D eigenvalue weighted by molar-refractivity contribution is -0.147. The van der Waals surface area contributed by atoms with Crippen LogP contribution in [0.4, 0.5) is 4.39 Å². The zero-order valence-corrected chi connectivity index (χ0v) is 14.6. The number of rotatable bonds is 5. The fourth-order valence-corrected chi connectivity index (χ4v) is 3.01. The highest BCUT2D eigenvalue weighted by Gasteiger charge is 2.29. The normalized spacial score (nSPS) is 17.2. The number of piperidine rings is 1. The molecule has 1 aliphatic heterocycles. The summed E-state index contributed by atoms with van der Waals surface area (Å²) in [5.74, 6) is -2.82. The van der Waals surface area contributed by atoms with Gasteiger partial charge in [-0.3, -0.25) is 14.4 Å².